The lowest BCUT2D eigenvalue weighted by Crippen LogP contribution is -2.00. The molecule has 126 valence electrons. The van der Waals surface area contributed by atoms with Crippen molar-refractivity contribution in [2.24, 2.45) is 0 Å². The number of halogens is 1. The van der Waals surface area contributed by atoms with E-state index in [1.165, 1.54) is 12.1 Å². The molecule has 6 heteroatoms. The van der Waals surface area contributed by atoms with Gasteiger partial charge in [-0.25, -0.2) is 14.4 Å². The summed E-state index contributed by atoms with van der Waals surface area (Å²) < 4.78 is 18.3. The lowest BCUT2D eigenvalue weighted by atomic mass is 10.2. The Kier molecular flexibility index (Phi) is 4.16. The molecule has 0 bridgehead atoms. The number of aromatic nitrogens is 3. The summed E-state index contributed by atoms with van der Waals surface area (Å²) in [5.41, 5.74) is 3.48. The van der Waals surface area contributed by atoms with Gasteiger partial charge in [0.25, 0.3) is 0 Å². The van der Waals surface area contributed by atoms with Gasteiger partial charge in [-0.05, 0) is 35.9 Å². The number of furan rings is 1. The van der Waals surface area contributed by atoms with E-state index in [1.54, 1.807) is 24.6 Å². The average molecular weight is 336 g/mol. The fraction of sp³-hybridized carbons (Fsp3) is 0.158. The van der Waals surface area contributed by atoms with Crippen LogP contribution in [0.25, 0.3) is 11.2 Å². The van der Waals surface area contributed by atoms with Crippen molar-refractivity contribution < 1.29 is 8.81 Å². The molecule has 0 saturated carbocycles. The van der Waals surface area contributed by atoms with Crippen molar-refractivity contribution in [2.75, 3.05) is 5.32 Å². The molecule has 0 atom stereocenters. The number of pyridine rings is 1. The van der Waals surface area contributed by atoms with E-state index in [0.29, 0.717) is 12.2 Å². The van der Waals surface area contributed by atoms with Crippen LogP contribution in [0.3, 0.4) is 0 Å². The molecule has 0 unspecified atom stereocenters. The molecule has 3 aromatic heterocycles. The molecule has 0 amide bonds. The number of benzene rings is 1. The van der Waals surface area contributed by atoms with Gasteiger partial charge in [0.05, 0.1) is 12.0 Å². The van der Waals surface area contributed by atoms with Crippen LogP contribution in [0.4, 0.5) is 10.1 Å². The van der Waals surface area contributed by atoms with Gasteiger partial charge in [0.15, 0.2) is 5.65 Å². The third kappa shape index (κ3) is 3.52. The van der Waals surface area contributed by atoms with Crippen molar-refractivity contribution in [1.82, 2.24) is 15.0 Å². The Hall–Kier alpha value is -3.15. The highest BCUT2D eigenvalue weighted by Crippen LogP contribution is 2.21. The van der Waals surface area contributed by atoms with E-state index in [9.17, 15) is 4.39 Å². The van der Waals surface area contributed by atoms with Crippen molar-refractivity contribution in [2.45, 2.75) is 19.4 Å². The highest BCUT2D eigenvalue weighted by atomic mass is 19.1. The molecular weight excluding hydrogens is 319 g/mol. The van der Waals surface area contributed by atoms with E-state index < -0.39 is 0 Å². The van der Waals surface area contributed by atoms with Crippen LogP contribution in [0.15, 0.2) is 59.3 Å². The first-order valence-electron chi connectivity index (χ1n) is 8.12. The van der Waals surface area contributed by atoms with Gasteiger partial charge in [-0.3, -0.25) is 0 Å². The highest BCUT2D eigenvalue weighted by Gasteiger charge is 2.09. The SMILES string of the molecule is Fc1ccc(CNc2ccnc3nc(CCc4ccco4)[nH]c23)cc1. The van der Waals surface area contributed by atoms with E-state index in [-0.39, 0.29) is 5.82 Å². The number of hydrogen-bond acceptors (Lipinski definition) is 4. The molecular formula is C19H17FN4O. The maximum absolute atomic E-state index is 13.0. The molecule has 4 aromatic rings. The summed E-state index contributed by atoms with van der Waals surface area (Å²) in [5, 5.41) is 3.35. The van der Waals surface area contributed by atoms with Crippen molar-refractivity contribution >= 4 is 16.9 Å². The second-order valence-corrected chi connectivity index (χ2v) is 5.80. The second kappa shape index (κ2) is 6.76. The van der Waals surface area contributed by atoms with Gasteiger partial charge >= 0.3 is 0 Å². The number of H-pyrrole nitrogens is 1. The minimum absolute atomic E-state index is 0.232. The summed E-state index contributed by atoms with van der Waals surface area (Å²) in [6.45, 7) is 0.597. The van der Waals surface area contributed by atoms with Gasteiger partial charge in [0.1, 0.15) is 22.9 Å². The fourth-order valence-corrected chi connectivity index (χ4v) is 2.72. The number of fused-ring (bicyclic) bond motifs is 1. The van der Waals surface area contributed by atoms with Gasteiger partial charge < -0.3 is 14.7 Å². The molecule has 4 rings (SSSR count). The summed E-state index contributed by atoms with van der Waals surface area (Å²) in [7, 11) is 0. The molecule has 5 nitrogen and oxygen atoms in total. The number of aromatic amines is 1. The lowest BCUT2D eigenvalue weighted by Gasteiger charge is -2.07. The number of nitrogens with one attached hydrogen (secondary N) is 2. The minimum atomic E-state index is -0.232. The smallest absolute Gasteiger partial charge is 0.179 e. The van der Waals surface area contributed by atoms with Gasteiger partial charge in [-0.15, -0.1) is 0 Å². The van der Waals surface area contributed by atoms with Crippen LogP contribution in [0.1, 0.15) is 17.1 Å². The minimum Gasteiger partial charge on any atom is -0.469 e. The molecule has 0 radical (unpaired) electrons. The summed E-state index contributed by atoms with van der Waals surface area (Å²) in [6, 6.07) is 12.2. The highest BCUT2D eigenvalue weighted by molar-refractivity contribution is 5.85. The predicted octanol–water partition coefficient (Wildman–Crippen LogP) is 4.09. The number of nitrogens with zero attached hydrogens (tertiary/aromatic N) is 2. The van der Waals surface area contributed by atoms with Gasteiger partial charge in [-0.1, -0.05) is 12.1 Å². The molecule has 25 heavy (non-hydrogen) atoms. The van der Waals surface area contributed by atoms with Crippen molar-refractivity contribution in [3.63, 3.8) is 0 Å². The number of anilines is 1. The van der Waals surface area contributed by atoms with Gasteiger partial charge in [0.2, 0.25) is 0 Å². The monoisotopic (exact) mass is 336 g/mol. The summed E-state index contributed by atoms with van der Waals surface area (Å²) in [5.74, 6) is 1.57. The van der Waals surface area contributed by atoms with Crippen molar-refractivity contribution in [1.29, 1.82) is 0 Å². The number of imidazole rings is 1. The fourth-order valence-electron chi connectivity index (χ4n) is 2.72. The van der Waals surface area contributed by atoms with E-state index in [1.807, 2.05) is 18.2 Å². The zero-order valence-electron chi connectivity index (χ0n) is 13.5. The molecule has 1 aromatic carbocycles. The molecule has 0 aliphatic carbocycles. The molecule has 0 aliphatic rings. The topological polar surface area (TPSA) is 66.7 Å². The summed E-state index contributed by atoms with van der Waals surface area (Å²) in [6.07, 6.45) is 4.94. The van der Waals surface area contributed by atoms with Crippen LogP contribution >= 0.6 is 0 Å². The van der Waals surface area contributed by atoms with E-state index in [0.717, 1.165) is 41.2 Å². The molecule has 3 heterocycles. The van der Waals surface area contributed by atoms with Crippen molar-refractivity contribution in [3.05, 3.63) is 77.9 Å². The quantitative estimate of drug-likeness (QED) is 0.556. The molecule has 2 N–H and O–H groups in total. The third-order valence-electron chi connectivity index (χ3n) is 4.03. The van der Waals surface area contributed by atoms with Crippen LogP contribution in [0, 0.1) is 5.82 Å². The average Bonchev–Trinajstić information content (AvgIpc) is 3.28. The predicted molar refractivity (Wildman–Crippen MR) is 93.7 cm³/mol. The van der Waals surface area contributed by atoms with Gasteiger partial charge in [-0.2, -0.15) is 0 Å². The molecule has 0 saturated heterocycles. The first-order chi connectivity index (χ1) is 12.3. The Balaban J connectivity index is 1.49. The van der Waals surface area contributed by atoms with Crippen LogP contribution < -0.4 is 5.32 Å². The van der Waals surface area contributed by atoms with Crippen LogP contribution in [0.2, 0.25) is 0 Å². The van der Waals surface area contributed by atoms with Crippen LogP contribution in [-0.2, 0) is 19.4 Å². The van der Waals surface area contributed by atoms with E-state index in [4.69, 9.17) is 4.42 Å². The number of aryl methyl sites for hydroxylation is 2. The molecule has 0 spiro atoms. The van der Waals surface area contributed by atoms with Gasteiger partial charge in [0, 0.05) is 25.6 Å². The molecule has 0 fully saturated rings. The third-order valence-corrected chi connectivity index (χ3v) is 4.03. The van der Waals surface area contributed by atoms with E-state index in [2.05, 4.69) is 20.3 Å². The van der Waals surface area contributed by atoms with Crippen molar-refractivity contribution in [3.8, 4) is 0 Å². The van der Waals surface area contributed by atoms with Crippen LogP contribution in [-0.4, -0.2) is 15.0 Å². The Labute approximate surface area is 143 Å². The van der Waals surface area contributed by atoms with E-state index >= 15 is 0 Å². The summed E-state index contributed by atoms with van der Waals surface area (Å²) >= 11 is 0. The second-order valence-electron chi connectivity index (χ2n) is 5.80. The first kappa shape index (κ1) is 15.4. The summed E-state index contributed by atoms with van der Waals surface area (Å²) in [4.78, 5) is 12.2. The lowest BCUT2D eigenvalue weighted by molar-refractivity contribution is 0.507. The zero-order chi connectivity index (χ0) is 17.1. The number of hydrogen-bond donors (Lipinski definition) is 2. The Bertz CT molecular complexity index is 961. The molecule has 0 aliphatic heterocycles. The first-order valence-corrected chi connectivity index (χ1v) is 8.12. The standard InChI is InChI=1S/C19H17FN4O/c20-14-5-3-13(4-6-14)12-22-16-9-10-21-19-18(16)23-17(24-19)8-7-15-2-1-11-25-15/h1-6,9-11H,7-8,12H2,(H2,21,22,23,24). The largest absolute Gasteiger partial charge is 0.469 e. The van der Waals surface area contributed by atoms with Crippen LogP contribution in [0.5, 0.6) is 0 Å². The Morgan fingerprint density at radius 1 is 1.08 bits per heavy atom. The normalized spacial score (nSPS) is 11.1. The zero-order valence-corrected chi connectivity index (χ0v) is 13.5. The maximum atomic E-state index is 13.0. The Morgan fingerprint density at radius 2 is 1.96 bits per heavy atom. The Morgan fingerprint density at radius 3 is 2.76 bits per heavy atom. The number of rotatable bonds is 6. The maximum Gasteiger partial charge on any atom is 0.179 e.